The van der Waals surface area contributed by atoms with Crippen LogP contribution < -0.4 is 19.5 Å². The van der Waals surface area contributed by atoms with Gasteiger partial charge in [0.25, 0.3) is 5.91 Å². The molecule has 1 aromatic carbocycles. The number of allylic oxidation sites excluding steroid dienone is 1. The summed E-state index contributed by atoms with van der Waals surface area (Å²) in [6.45, 7) is 4.67. The highest BCUT2D eigenvalue weighted by atomic mass is 35.5. The second-order valence-corrected chi connectivity index (χ2v) is 17.3. The molecule has 0 spiro atoms. The molecule has 3 saturated carbocycles. The monoisotopic (exact) mass is 785 g/mol. The second kappa shape index (κ2) is 14.8. The van der Waals surface area contributed by atoms with Crippen LogP contribution in [0.3, 0.4) is 0 Å². The Morgan fingerprint density at radius 2 is 1.89 bits per heavy atom. The topological polar surface area (TPSA) is 166 Å². The van der Waals surface area contributed by atoms with Gasteiger partial charge in [0.2, 0.25) is 11.8 Å². The number of fused-ring (bicyclic) bond motifs is 3. The van der Waals surface area contributed by atoms with Crippen molar-refractivity contribution in [2.75, 3.05) is 20.7 Å². The van der Waals surface area contributed by atoms with Gasteiger partial charge >= 0.3 is 10.3 Å². The van der Waals surface area contributed by atoms with Gasteiger partial charge in [0.1, 0.15) is 38.9 Å². The van der Waals surface area contributed by atoms with Crippen molar-refractivity contribution in [2.45, 2.75) is 88.9 Å². The number of benzene rings is 1. The summed E-state index contributed by atoms with van der Waals surface area (Å²) in [6, 6.07) is 5.36. The highest BCUT2D eigenvalue weighted by Gasteiger charge is 2.62. The first kappa shape index (κ1) is 37.5. The molecule has 284 valence electrons. The number of methoxy groups -OCH3 is 1. The average molecular weight is 786 g/mol. The number of hydrogen-bond donors (Lipinski definition) is 2. The SMILES string of the molecule is COc1ccc2c(O[C@@H]3C[C@H]4C(=O)N[C@]5(C(=O)NS(=O)(=O)OC6CC6)C[C@@H]5C=CCCCCN(C)C(=O)[C@@H]4C3)cc(-c3nc(C(C)C)cs3)nc2c1Cl. The molecule has 3 amide bonds. The third-order valence-electron chi connectivity index (χ3n) is 10.5. The summed E-state index contributed by atoms with van der Waals surface area (Å²) in [6.07, 6.45) is 6.91. The summed E-state index contributed by atoms with van der Waals surface area (Å²) in [5.41, 5.74) is 0.465. The van der Waals surface area contributed by atoms with Crippen LogP contribution in [0.1, 0.15) is 76.8 Å². The number of halogens is 1. The van der Waals surface area contributed by atoms with Crippen molar-refractivity contribution in [2.24, 2.45) is 17.8 Å². The molecule has 0 radical (unpaired) electrons. The Labute approximate surface area is 318 Å². The van der Waals surface area contributed by atoms with E-state index in [1.54, 1.807) is 18.0 Å². The molecule has 3 fully saturated rings. The van der Waals surface area contributed by atoms with Crippen molar-refractivity contribution in [1.82, 2.24) is 24.9 Å². The molecule has 1 aliphatic heterocycles. The van der Waals surface area contributed by atoms with Gasteiger partial charge in [-0.3, -0.25) is 18.6 Å². The van der Waals surface area contributed by atoms with Crippen LogP contribution in [0.5, 0.6) is 11.5 Å². The summed E-state index contributed by atoms with van der Waals surface area (Å²) < 4.78 is 44.6. The lowest BCUT2D eigenvalue weighted by Gasteiger charge is -2.26. The van der Waals surface area contributed by atoms with E-state index in [0.717, 1.165) is 18.5 Å². The van der Waals surface area contributed by atoms with Gasteiger partial charge in [0.05, 0.1) is 36.3 Å². The normalized spacial score (nSPS) is 26.5. The van der Waals surface area contributed by atoms with Crippen LogP contribution >= 0.6 is 22.9 Å². The largest absolute Gasteiger partial charge is 0.495 e. The van der Waals surface area contributed by atoms with Crippen LogP contribution in [0.25, 0.3) is 21.6 Å². The van der Waals surface area contributed by atoms with Gasteiger partial charge in [-0.15, -0.1) is 11.3 Å². The number of aromatic nitrogens is 2. The fourth-order valence-electron chi connectivity index (χ4n) is 7.20. The zero-order chi connectivity index (χ0) is 37.7. The molecule has 53 heavy (non-hydrogen) atoms. The van der Waals surface area contributed by atoms with Crippen LogP contribution in [0.4, 0.5) is 0 Å². The molecule has 3 heterocycles. The molecular weight excluding hydrogens is 742 g/mol. The predicted molar refractivity (Wildman–Crippen MR) is 200 cm³/mol. The fraction of sp³-hybridized carbons (Fsp3) is 0.541. The number of thiazole rings is 1. The highest BCUT2D eigenvalue weighted by molar-refractivity contribution is 7.85. The van der Waals surface area contributed by atoms with Crippen molar-refractivity contribution in [1.29, 1.82) is 0 Å². The molecule has 3 aliphatic carbocycles. The fourth-order valence-corrected chi connectivity index (χ4v) is 9.44. The van der Waals surface area contributed by atoms with Gasteiger partial charge in [-0.1, -0.05) is 37.6 Å². The first-order valence-corrected chi connectivity index (χ1v) is 20.7. The molecule has 2 N–H and O–H groups in total. The zero-order valence-corrected chi connectivity index (χ0v) is 32.5. The second-order valence-electron chi connectivity index (χ2n) is 14.8. The van der Waals surface area contributed by atoms with Crippen molar-refractivity contribution in [3.8, 4) is 22.2 Å². The number of ether oxygens (including phenoxy) is 2. The van der Waals surface area contributed by atoms with Crippen LogP contribution in [-0.4, -0.2) is 79.5 Å². The Bertz CT molecular complexity index is 2070. The number of hydrogen-bond acceptors (Lipinski definition) is 11. The zero-order valence-electron chi connectivity index (χ0n) is 30.1. The van der Waals surface area contributed by atoms with E-state index in [1.807, 2.05) is 34.4 Å². The Balaban J connectivity index is 1.20. The highest BCUT2D eigenvalue weighted by Crippen LogP contribution is 2.47. The lowest BCUT2D eigenvalue weighted by molar-refractivity contribution is -0.140. The number of carbonyl (C=O) groups excluding carboxylic acids is 3. The number of carbonyl (C=O) groups is 3. The van der Waals surface area contributed by atoms with E-state index < -0.39 is 57.6 Å². The number of nitrogens with zero attached hydrogens (tertiary/aromatic N) is 3. The number of rotatable bonds is 9. The van der Waals surface area contributed by atoms with Gasteiger partial charge in [0, 0.05) is 36.3 Å². The molecule has 0 saturated heterocycles. The van der Waals surface area contributed by atoms with E-state index in [2.05, 4.69) is 19.2 Å². The Morgan fingerprint density at radius 3 is 2.60 bits per heavy atom. The quantitative estimate of drug-likeness (QED) is 0.264. The maximum Gasteiger partial charge on any atom is 0.362 e. The third kappa shape index (κ3) is 7.89. The minimum absolute atomic E-state index is 0.176. The van der Waals surface area contributed by atoms with Crippen LogP contribution in [0, 0.1) is 17.8 Å². The van der Waals surface area contributed by atoms with Gasteiger partial charge in [-0.05, 0) is 69.4 Å². The molecule has 2 aromatic heterocycles. The van der Waals surface area contributed by atoms with Gasteiger partial charge in [-0.25, -0.2) is 14.7 Å². The smallest absolute Gasteiger partial charge is 0.362 e. The molecule has 7 rings (SSSR count). The van der Waals surface area contributed by atoms with Crippen molar-refractivity contribution >= 4 is 61.9 Å². The average Bonchev–Trinajstić information content (AvgIpc) is 3.93. The third-order valence-corrected chi connectivity index (χ3v) is 12.7. The summed E-state index contributed by atoms with van der Waals surface area (Å²) in [4.78, 5) is 53.2. The molecular formula is C37H44ClN5O8S2. The Kier molecular flexibility index (Phi) is 10.5. The van der Waals surface area contributed by atoms with E-state index in [9.17, 15) is 22.8 Å². The number of nitrogens with one attached hydrogen (secondary N) is 2. The molecule has 0 bridgehead atoms. The van der Waals surface area contributed by atoms with E-state index >= 15 is 0 Å². The Hall–Kier alpha value is -3.79. The van der Waals surface area contributed by atoms with Crippen LogP contribution in [-0.2, 0) is 28.9 Å². The molecule has 13 nitrogen and oxygen atoms in total. The van der Waals surface area contributed by atoms with E-state index in [4.69, 9.17) is 35.2 Å². The Morgan fingerprint density at radius 1 is 1.11 bits per heavy atom. The minimum Gasteiger partial charge on any atom is -0.495 e. The molecule has 0 unspecified atom stereocenters. The minimum atomic E-state index is -4.37. The maximum atomic E-state index is 14.3. The van der Waals surface area contributed by atoms with Gasteiger partial charge < -0.3 is 19.7 Å². The lowest BCUT2D eigenvalue weighted by atomic mass is 9.93. The summed E-state index contributed by atoms with van der Waals surface area (Å²) in [7, 11) is -1.10. The summed E-state index contributed by atoms with van der Waals surface area (Å²) in [5.74, 6) is -2.43. The van der Waals surface area contributed by atoms with Crippen LogP contribution in [0.2, 0.25) is 5.02 Å². The molecule has 3 aromatic rings. The van der Waals surface area contributed by atoms with Crippen molar-refractivity contribution < 1.29 is 36.5 Å². The first-order chi connectivity index (χ1) is 25.3. The number of amides is 3. The summed E-state index contributed by atoms with van der Waals surface area (Å²) >= 11 is 8.26. The molecule has 16 heteroatoms. The maximum absolute atomic E-state index is 14.3. The van der Waals surface area contributed by atoms with E-state index in [0.29, 0.717) is 63.9 Å². The number of pyridine rings is 1. The molecule has 4 aliphatic rings. The van der Waals surface area contributed by atoms with E-state index in [1.165, 1.54) is 18.4 Å². The van der Waals surface area contributed by atoms with Gasteiger partial charge in [-0.2, -0.15) is 8.42 Å². The standard InChI is InChI=1S/C37H44ClN5O8S2/c1-20(2)28-19-52-34(40-28)27-17-30(24-12-13-29(49-4)31(38)32(24)39-27)50-23-15-25-26(16-23)35(45)43(3)14-8-6-5-7-9-21-18-37(21,41-33(25)44)36(46)42-53(47,48)51-22-10-11-22/h7,9,12-13,17,19-23,25-26H,5-6,8,10-11,14-16,18H2,1-4H3,(H,41,44)(H,42,46)/t21-,23+,25+,26+,37+/m0/s1. The predicted octanol–water partition coefficient (Wildman–Crippen LogP) is 5.53. The lowest BCUT2D eigenvalue weighted by Crippen LogP contribution is -2.54. The molecule has 5 atom stereocenters. The van der Waals surface area contributed by atoms with E-state index in [-0.39, 0.29) is 31.1 Å². The van der Waals surface area contributed by atoms with Crippen LogP contribution in [0.15, 0.2) is 35.7 Å². The summed E-state index contributed by atoms with van der Waals surface area (Å²) in [5, 5.41) is 6.53. The van der Waals surface area contributed by atoms with Crippen molar-refractivity contribution in [3.05, 3.63) is 46.4 Å². The van der Waals surface area contributed by atoms with Gasteiger partial charge in [0.15, 0.2) is 0 Å². The first-order valence-electron chi connectivity index (χ1n) is 18.1. The van der Waals surface area contributed by atoms with Crippen molar-refractivity contribution in [3.63, 3.8) is 0 Å².